The Balaban J connectivity index is 1.20. The predicted molar refractivity (Wildman–Crippen MR) is 111 cm³/mol. The molecule has 6 nitrogen and oxygen atoms in total. The van der Waals surface area contributed by atoms with Crippen LogP contribution in [0.15, 0.2) is 24.5 Å². The Bertz CT molecular complexity index is 689. The first-order chi connectivity index (χ1) is 13.7. The quantitative estimate of drug-likeness (QED) is 0.725. The van der Waals surface area contributed by atoms with Crippen LogP contribution in [0, 0.1) is 0 Å². The third kappa shape index (κ3) is 3.76. The Hall–Kier alpha value is -1.31. The van der Waals surface area contributed by atoms with Crippen molar-refractivity contribution in [3.8, 4) is 0 Å². The van der Waals surface area contributed by atoms with Crippen LogP contribution in [0.1, 0.15) is 44.9 Å². The van der Waals surface area contributed by atoms with Gasteiger partial charge in [0, 0.05) is 36.4 Å². The lowest BCUT2D eigenvalue weighted by Gasteiger charge is -2.39. The van der Waals surface area contributed by atoms with E-state index in [1.54, 1.807) is 0 Å². The van der Waals surface area contributed by atoms with E-state index in [4.69, 9.17) is 4.74 Å². The summed E-state index contributed by atoms with van der Waals surface area (Å²) >= 11 is 1.92. The second-order valence-corrected chi connectivity index (χ2v) is 10.1. The standard InChI is InChI=1S/C21H30N4O2S/c26-19-14-24(28-18-4-2-1-3-5-18)15-20-25(19)16-21(27-20)8-12-23(13-9-21)17-6-10-22-11-7-17/h6-7,10-11,18,20H,1-5,8-9,12-16H2. The fourth-order valence-electron chi connectivity index (χ4n) is 5.13. The summed E-state index contributed by atoms with van der Waals surface area (Å²) in [5, 5.41) is 0.687. The third-order valence-corrected chi connectivity index (χ3v) is 8.08. The molecule has 1 unspecified atom stereocenters. The highest BCUT2D eigenvalue weighted by molar-refractivity contribution is 7.97. The largest absolute Gasteiger partial charge is 0.371 e. The minimum absolute atomic E-state index is 0.0650. The number of piperidine rings is 1. The molecule has 4 fully saturated rings. The van der Waals surface area contributed by atoms with Crippen LogP contribution in [-0.4, -0.2) is 69.9 Å². The zero-order valence-corrected chi connectivity index (χ0v) is 17.3. The highest BCUT2D eigenvalue weighted by Crippen LogP contribution is 2.40. The summed E-state index contributed by atoms with van der Waals surface area (Å²) in [7, 11) is 0. The molecule has 1 aromatic rings. The minimum Gasteiger partial charge on any atom is -0.371 e. The number of anilines is 1. The predicted octanol–water partition coefficient (Wildman–Crippen LogP) is 2.90. The molecule has 28 heavy (non-hydrogen) atoms. The number of pyridine rings is 1. The van der Waals surface area contributed by atoms with Crippen LogP contribution in [0.2, 0.25) is 0 Å². The second kappa shape index (κ2) is 7.84. The number of aromatic nitrogens is 1. The van der Waals surface area contributed by atoms with E-state index >= 15 is 0 Å². The van der Waals surface area contributed by atoms with E-state index in [0.717, 1.165) is 39.0 Å². The minimum atomic E-state index is -0.157. The van der Waals surface area contributed by atoms with Gasteiger partial charge in [-0.3, -0.25) is 9.78 Å². The fraction of sp³-hybridized carbons (Fsp3) is 0.714. The van der Waals surface area contributed by atoms with Crippen LogP contribution >= 0.6 is 11.9 Å². The first kappa shape index (κ1) is 18.7. The fourth-order valence-corrected chi connectivity index (χ4v) is 6.50. The monoisotopic (exact) mass is 402 g/mol. The first-order valence-electron chi connectivity index (χ1n) is 10.7. The Morgan fingerprint density at radius 1 is 1.11 bits per heavy atom. The Morgan fingerprint density at radius 2 is 1.86 bits per heavy atom. The molecule has 1 amide bonds. The van der Waals surface area contributed by atoms with Gasteiger partial charge < -0.3 is 14.5 Å². The lowest BCUT2D eigenvalue weighted by atomic mass is 9.91. The molecule has 1 aliphatic carbocycles. The normalized spacial score (nSPS) is 28.7. The molecule has 0 N–H and O–H groups in total. The molecule has 1 spiro atoms. The van der Waals surface area contributed by atoms with Crippen molar-refractivity contribution in [2.45, 2.75) is 62.0 Å². The number of carbonyl (C=O) groups excluding carboxylic acids is 1. The van der Waals surface area contributed by atoms with Gasteiger partial charge in [-0.25, -0.2) is 4.31 Å². The number of hydrogen-bond acceptors (Lipinski definition) is 6. The molecule has 3 aliphatic heterocycles. The zero-order chi connectivity index (χ0) is 19.0. The van der Waals surface area contributed by atoms with Crippen molar-refractivity contribution in [3.63, 3.8) is 0 Å². The number of amides is 1. The molecule has 1 saturated carbocycles. The molecule has 0 aromatic carbocycles. The van der Waals surface area contributed by atoms with Crippen molar-refractivity contribution >= 4 is 23.5 Å². The zero-order valence-electron chi connectivity index (χ0n) is 16.5. The molecule has 3 saturated heterocycles. The highest BCUT2D eigenvalue weighted by atomic mass is 32.2. The number of carbonyl (C=O) groups is 1. The average molecular weight is 403 g/mol. The van der Waals surface area contributed by atoms with Crippen molar-refractivity contribution in [2.24, 2.45) is 0 Å². The van der Waals surface area contributed by atoms with Crippen molar-refractivity contribution in [1.82, 2.24) is 14.2 Å². The lowest BCUT2D eigenvalue weighted by molar-refractivity contribution is -0.144. The molecule has 0 radical (unpaired) electrons. The van der Waals surface area contributed by atoms with Crippen LogP contribution in [-0.2, 0) is 9.53 Å². The Kier molecular flexibility index (Phi) is 5.24. The van der Waals surface area contributed by atoms with Gasteiger partial charge in [0.15, 0.2) is 0 Å². The molecule has 152 valence electrons. The van der Waals surface area contributed by atoms with Crippen molar-refractivity contribution in [3.05, 3.63) is 24.5 Å². The average Bonchev–Trinajstić information content (AvgIpc) is 3.08. The van der Waals surface area contributed by atoms with Gasteiger partial charge in [-0.2, -0.15) is 0 Å². The molecule has 0 bridgehead atoms. The van der Waals surface area contributed by atoms with Crippen molar-refractivity contribution in [1.29, 1.82) is 0 Å². The number of hydrogen-bond donors (Lipinski definition) is 0. The smallest absolute Gasteiger partial charge is 0.239 e. The SMILES string of the molecule is O=C1CN(SC2CCCCC2)CC2OC3(CCN(c4ccncc4)CC3)CN12. The van der Waals surface area contributed by atoms with Gasteiger partial charge >= 0.3 is 0 Å². The van der Waals surface area contributed by atoms with Crippen molar-refractivity contribution < 1.29 is 9.53 Å². The highest BCUT2D eigenvalue weighted by Gasteiger charge is 2.50. The molecule has 7 heteroatoms. The van der Waals surface area contributed by atoms with Gasteiger partial charge in [-0.15, -0.1) is 0 Å². The van der Waals surface area contributed by atoms with Crippen LogP contribution < -0.4 is 4.90 Å². The number of rotatable bonds is 3. The topological polar surface area (TPSA) is 48.9 Å². The van der Waals surface area contributed by atoms with E-state index in [-0.39, 0.29) is 17.7 Å². The van der Waals surface area contributed by atoms with E-state index in [0.29, 0.717) is 11.8 Å². The van der Waals surface area contributed by atoms with Gasteiger partial charge in [0.25, 0.3) is 0 Å². The van der Waals surface area contributed by atoms with Gasteiger partial charge in [0.05, 0.1) is 25.2 Å². The lowest BCUT2D eigenvalue weighted by Crippen LogP contribution is -2.52. The van der Waals surface area contributed by atoms with E-state index < -0.39 is 0 Å². The summed E-state index contributed by atoms with van der Waals surface area (Å²) in [4.78, 5) is 21.3. The molecule has 4 aliphatic rings. The molecular weight excluding hydrogens is 372 g/mol. The number of piperazine rings is 1. The van der Waals surface area contributed by atoms with E-state index in [1.807, 2.05) is 29.2 Å². The number of ether oxygens (including phenoxy) is 1. The maximum atomic E-state index is 12.8. The molecule has 1 aromatic heterocycles. The molecular formula is C21H30N4O2S. The van der Waals surface area contributed by atoms with Gasteiger partial charge in [0.1, 0.15) is 6.23 Å². The maximum absolute atomic E-state index is 12.8. The van der Waals surface area contributed by atoms with Crippen molar-refractivity contribution in [2.75, 3.05) is 37.6 Å². The Morgan fingerprint density at radius 3 is 2.61 bits per heavy atom. The summed E-state index contributed by atoms with van der Waals surface area (Å²) in [5.74, 6) is 0.244. The molecule has 5 rings (SSSR count). The summed E-state index contributed by atoms with van der Waals surface area (Å²) in [6, 6.07) is 4.14. The van der Waals surface area contributed by atoms with Crippen LogP contribution in [0.25, 0.3) is 0 Å². The number of nitrogens with zero attached hydrogens (tertiary/aromatic N) is 4. The van der Waals surface area contributed by atoms with Gasteiger partial charge in [-0.1, -0.05) is 31.2 Å². The van der Waals surface area contributed by atoms with Gasteiger partial charge in [0.2, 0.25) is 5.91 Å². The summed E-state index contributed by atoms with van der Waals surface area (Å²) in [6.07, 6.45) is 12.2. The van der Waals surface area contributed by atoms with Crippen LogP contribution in [0.5, 0.6) is 0 Å². The van der Waals surface area contributed by atoms with E-state index in [1.165, 1.54) is 37.8 Å². The van der Waals surface area contributed by atoms with Gasteiger partial charge in [-0.05, 0) is 37.8 Å². The number of fused-ring (bicyclic) bond motifs is 1. The van der Waals surface area contributed by atoms with Crippen LogP contribution in [0.3, 0.4) is 0 Å². The maximum Gasteiger partial charge on any atom is 0.239 e. The first-order valence-corrected chi connectivity index (χ1v) is 11.6. The molecule has 1 atom stereocenters. The van der Waals surface area contributed by atoms with E-state index in [9.17, 15) is 4.79 Å². The summed E-state index contributed by atoms with van der Waals surface area (Å²) in [6.45, 7) is 4.10. The molecule has 4 heterocycles. The summed E-state index contributed by atoms with van der Waals surface area (Å²) in [5.41, 5.74) is 1.07. The Labute approximate surface area is 171 Å². The summed E-state index contributed by atoms with van der Waals surface area (Å²) < 4.78 is 8.86. The second-order valence-electron chi connectivity index (χ2n) is 8.66. The third-order valence-electron chi connectivity index (χ3n) is 6.74. The van der Waals surface area contributed by atoms with Crippen LogP contribution in [0.4, 0.5) is 5.69 Å². The van der Waals surface area contributed by atoms with E-state index in [2.05, 4.69) is 26.3 Å².